The third-order valence-corrected chi connectivity index (χ3v) is 5.70. The Balaban J connectivity index is 1.39. The lowest BCUT2D eigenvalue weighted by Gasteiger charge is -2.34. The van der Waals surface area contributed by atoms with Crippen molar-refractivity contribution < 1.29 is 14.0 Å². The summed E-state index contributed by atoms with van der Waals surface area (Å²) < 4.78 is 6.83. The molecule has 0 radical (unpaired) electrons. The molecule has 4 heterocycles. The fraction of sp³-hybridized carbons (Fsp3) is 0.217. The number of aryl methyl sites for hydroxylation is 1. The molecular weight excluding hydrogens is 410 g/mol. The van der Waals surface area contributed by atoms with Crippen molar-refractivity contribution in [3.8, 4) is 5.69 Å². The third-order valence-electron chi connectivity index (χ3n) is 5.70. The lowest BCUT2D eigenvalue weighted by Crippen LogP contribution is -2.51. The molecule has 0 unspecified atom stereocenters. The van der Waals surface area contributed by atoms with Crippen LogP contribution >= 0.6 is 0 Å². The standard InChI is InChI=1S/C23H21N5O4/c1-15-19-20(29)17(14-24-21(19)28(25-15)16-6-3-2-4-7-16)22(30)26-9-11-27(12-10-26)23(31)18-8-5-13-32-18/h2-8,13-14H,9-12H2,1H3,(H,24,29). The van der Waals surface area contributed by atoms with Crippen LogP contribution in [0.2, 0.25) is 0 Å². The van der Waals surface area contributed by atoms with Crippen LogP contribution in [0.25, 0.3) is 16.7 Å². The number of hydrogen-bond donors (Lipinski definition) is 1. The van der Waals surface area contributed by atoms with E-state index in [0.29, 0.717) is 42.9 Å². The van der Waals surface area contributed by atoms with Gasteiger partial charge >= 0.3 is 0 Å². The van der Waals surface area contributed by atoms with Gasteiger partial charge in [-0.1, -0.05) is 18.2 Å². The summed E-state index contributed by atoms with van der Waals surface area (Å²) in [7, 11) is 0. The molecule has 1 aliphatic heterocycles. The third kappa shape index (κ3) is 3.27. The lowest BCUT2D eigenvalue weighted by molar-refractivity contribution is 0.0517. The summed E-state index contributed by atoms with van der Waals surface area (Å²) in [5.74, 6) is -0.284. The molecule has 1 fully saturated rings. The predicted molar refractivity (Wildman–Crippen MR) is 117 cm³/mol. The molecule has 0 saturated carbocycles. The Bertz CT molecular complexity index is 1350. The van der Waals surface area contributed by atoms with Crippen molar-refractivity contribution >= 4 is 22.8 Å². The van der Waals surface area contributed by atoms with Crippen LogP contribution in [0.5, 0.6) is 0 Å². The second-order valence-corrected chi connectivity index (χ2v) is 7.65. The van der Waals surface area contributed by atoms with Crippen LogP contribution in [0.3, 0.4) is 0 Å². The van der Waals surface area contributed by atoms with Gasteiger partial charge in [0.05, 0.1) is 23.0 Å². The maximum absolute atomic E-state index is 13.2. The Kier molecular flexibility index (Phi) is 4.85. The largest absolute Gasteiger partial charge is 0.459 e. The number of piperazine rings is 1. The van der Waals surface area contributed by atoms with Crippen molar-refractivity contribution in [3.63, 3.8) is 0 Å². The van der Waals surface area contributed by atoms with Gasteiger partial charge < -0.3 is 19.2 Å². The van der Waals surface area contributed by atoms with E-state index in [-0.39, 0.29) is 28.6 Å². The lowest BCUT2D eigenvalue weighted by atomic mass is 10.1. The quantitative estimate of drug-likeness (QED) is 0.536. The number of nitrogens with one attached hydrogen (secondary N) is 1. The van der Waals surface area contributed by atoms with E-state index in [2.05, 4.69) is 10.1 Å². The van der Waals surface area contributed by atoms with Gasteiger partial charge in [-0.25, -0.2) is 4.68 Å². The molecule has 4 aromatic rings. The first-order valence-corrected chi connectivity index (χ1v) is 10.3. The topological polar surface area (TPSA) is 104 Å². The average Bonchev–Trinajstić information content (AvgIpc) is 3.48. The number of nitrogens with zero attached hydrogens (tertiary/aromatic N) is 4. The summed E-state index contributed by atoms with van der Waals surface area (Å²) >= 11 is 0. The van der Waals surface area contributed by atoms with Gasteiger partial charge in [0.15, 0.2) is 5.76 Å². The van der Waals surface area contributed by atoms with Crippen LogP contribution < -0.4 is 5.43 Å². The smallest absolute Gasteiger partial charge is 0.289 e. The van der Waals surface area contributed by atoms with E-state index in [9.17, 15) is 14.4 Å². The van der Waals surface area contributed by atoms with Gasteiger partial charge in [0, 0.05) is 32.4 Å². The van der Waals surface area contributed by atoms with Gasteiger partial charge in [-0.2, -0.15) is 5.10 Å². The highest BCUT2D eigenvalue weighted by Gasteiger charge is 2.28. The number of para-hydroxylation sites is 1. The minimum atomic E-state index is -0.356. The van der Waals surface area contributed by atoms with Crippen LogP contribution in [0.4, 0.5) is 0 Å². The van der Waals surface area contributed by atoms with Crippen LogP contribution in [-0.2, 0) is 0 Å². The summed E-state index contributed by atoms with van der Waals surface area (Å²) in [6.45, 7) is 3.17. The summed E-state index contributed by atoms with van der Waals surface area (Å²) in [4.78, 5) is 45.1. The van der Waals surface area contributed by atoms with E-state index in [4.69, 9.17) is 4.42 Å². The minimum Gasteiger partial charge on any atom is -0.459 e. The Morgan fingerprint density at radius 2 is 1.66 bits per heavy atom. The van der Waals surface area contributed by atoms with Gasteiger partial charge in [0.25, 0.3) is 11.8 Å². The zero-order valence-electron chi connectivity index (χ0n) is 17.4. The SMILES string of the molecule is Cc1nn(-c2ccccc2)c2[nH]cc(C(=O)N3CCN(C(=O)c4ccco4)CC3)c(=O)c12. The van der Waals surface area contributed by atoms with Gasteiger partial charge in [-0.3, -0.25) is 14.4 Å². The molecule has 0 aliphatic carbocycles. The number of hydrogen-bond acceptors (Lipinski definition) is 5. The zero-order valence-corrected chi connectivity index (χ0v) is 17.4. The molecule has 5 rings (SSSR count). The van der Waals surface area contributed by atoms with Crippen LogP contribution in [0.1, 0.15) is 26.6 Å². The van der Waals surface area contributed by atoms with E-state index in [1.54, 1.807) is 33.5 Å². The number of H-pyrrole nitrogens is 1. The molecule has 162 valence electrons. The molecule has 32 heavy (non-hydrogen) atoms. The van der Waals surface area contributed by atoms with E-state index in [1.807, 2.05) is 30.3 Å². The number of benzene rings is 1. The molecule has 9 nitrogen and oxygen atoms in total. The molecule has 2 amide bonds. The van der Waals surface area contributed by atoms with Crippen molar-refractivity contribution in [2.45, 2.75) is 6.92 Å². The molecule has 1 N–H and O–H groups in total. The number of carbonyl (C=O) groups is 2. The number of carbonyl (C=O) groups excluding carboxylic acids is 2. The molecule has 1 aromatic carbocycles. The first-order valence-electron chi connectivity index (χ1n) is 10.3. The number of aromatic nitrogens is 3. The normalized spacial score (nSPS) is 14.2. The Hall–Kier alpha value is -4.14. The van der Waals surface area contributed by atoms with Crippen LogP contribution in [0, 0.1) is 6.92 Å². The summed E-state index contributed by atoms with van der Waals surface area (Å²) in [5.41, 5.74) is 1.63. The fourth-order valence-electron chi connectivity index (χ4n) is 4.03. The second kappa shape index (κ2) is 7.84. The molecule has 9 heteroatoms. The molecule has 1 aliphatic rings. The molecule has 0 atom stereocenters. The van der Waals surface area contributed by atoms with E-state index in [1.165, 1.54) is 12.5 Å². The number of rotatable bonds is 3. The van der Waals surface area contributed by atoms with E-state index < -0.39 is 0 Å². The predicted octanol–water partition coefficient (Wildman–Crippen LogP) is 2.21. The highest BCUT2D eigenvalue weighted by Crippen LogP contribution is 2.18. The van der Waals surface area contributed by atoms with Gasteiger partial charge in [0.2, 0.25) is 5.43 Å². The van der Waals surface area contributed by atoms with Gasteiger partial charge in [-0.15, -0.1) is 0 Å². The van der Waals surface area contributed by atoms with E-state index >= 15 is 0 Å². The molecule has 1 saturated heterocycles. The monoisotopic (exact) mass is 431 g/mol. The number of amides is 2. The molecular formula is C23H21N5O4. The maximum Gasteiger partial charge on any atom is 0.289 e. The van der Waals surface area contributed by atoms with Crippen molar-refractivity contribution in [1.82, 2.24) is 24.6 Å². The van der Waals surface area contributed by atoms with Crippen molar-refractivity contribution in [3.05, 3.63) is 82.2 Å². The van der Waals surface area contributed by atoms with Gasteiger partial charge in [-0.05, 0) is 31.2 Å². The molecule has 0 spiro atoms. The summed E-state index contributed by atoms with van der Waals surface area (Å²) in [5, 5.41) is 4.89. The second-order valence-electron chi connectivity index (χ2n) is 7.65. The minimum absolute atomic E-state index is 0.0685. The highest BCUT2D eigenvalue weighted by atomic mass is 16.3. The van der Waals surface area contributed by atoms with Crippen molar-refractivity contribution in [1.29, 1.82) is 0 Å². The van der Waals surface area contributed by atoms with E-state index in [0.717, 1.165) is 5.69 Å². The fourth-order valence-corrected chi connectivity index (χ4v) is 4.03. The number of furan rings is 1. The molecule has 3 aromatic heterocycles. The Morgan fingerprint density at radius 1 is 0.969 bits per heavy atom. The summed E-state index contributed by atoms with van der Waals surface area (Å²) in [6, 6.07) is 12.8. The number of pyridine rings is 1. The van der Waals surface area contributed by atoms with Crippen molar-refractivity contribution in [2.24, 2.45) is 0 Å². The number of fused-ring (bicyclic) bond motifs is 1. The highest BCUT2D eigenvalue weighted by molar-refractivity contribution is 5.97. The number of aromatic amines is 1. The Morgan fingerprint density at radius 3 is 2.31 bits per heavy atom. The summed E-state index contributed by atoms with van der Waals surface area (Å²) in [6.07, 6.45) is 2.91. The average molecular weight is 431 g/mol. The molecule has 0 bridgehead atoms. The van der Waals surface area contributed by atoms with Crippen LogP contribution in [0.15, 0.2) is 64.1 Å². The zero-order chi connectivity index (χ0) is 22.2. The first-order chi connectivity index (χ1) is 15.5. The van der Waals surface area contributed by atoms with Crippen molar-refractivity contribution in [2.75, 3.05) is 26.2 Å². The van der Waals surface area contributed by atoms with Crippen LogP contribution in [-0.4, -0.2) is 62.6 Å². The van der Waals surface area contributed by atoms with Gasteiger partial charge in [0.1, 0.15) is 11.2 Å². The first kappa shape index (κ1) is 19.8. The maximum atomic E-state index is 13.2. The Labute approximate surface area is 182 Å².